The number of primary amides is 1. The third kappa shape index (κ3) is 4.70. The fourth-order valence-corrected chi connectivity index (χ4v) is 2.15. The van der Waals surface area contributed by atoms with E-state index >= 15 is 0 Å². The summed E-state index contributed by atoms with van der Waals surface area (Å²) in [5.41, 5.74) is 7.94. The van der Waals surface area contributed by atoms with Crippen LogP contribution >= 0.6 is 0 Å². The zero-order chi connectivity index (χ0) is 15.1. The summed E-state index contributed by atoms with van der Waals surface area (Å²) < 4.78 is 0. The van der Waals surface area contributed by atoms with Crippen LogP contribution in [0.4, 0.5) is 0 Å². The minimum absolute atomic E-state index is 0.00298. The van der Waals surface area contributed by atoms with Crippen LogP contribution in [-0.2, 0) is 13.0 Å². The first-order valence-corrected chi connectivity index (χ1v) is 6.96. The molecule has 110 valence electrons. The molecular formula is C17H20N2O2. The molecule has 0 saturated carbocycles. The van der Waals surface area contributed by atoms with Crippen LogP contribution in [0, 0.1) is 0 Å². The molecule has 0 aliphatic rings. The molecule has 0 heterocycles. The molecule has 1 atom stereocenters. The van der Waals surface area contributed by atoms with Gasteiger partial charge in [0.2, 0.25) is 5.91 Å². The number of rotatable bonds is 7. The van der Waals surface area contributed by atoms with Gasteiger partial charge in [-0.15, -0.1) is 0 Å². The number of hydrogen-bond donors (Lipinski definition) is 3. The standard InChI is InChI=1S/C17H20N2O2/c18-17(21)15-8-6-14(7-9-15)11-19-16(12-20)10-13-4-2-1-3-5-13/h1-9,16,19-20H,10-12H2,(H2,18,21)/t16-/m0/s1. The minimum atomic E-state index is -0.424. The van der Waals surface area contributed by atoms with Crippen LogP contribution in [0.1, 0.15) is 21.5 Å². The molecule has 4 N–H and O–H groups in total. The Balaban J connectivity index is 1.89. The fraction of sp³-hybridized carbons (Fsp3) is 0.235. The van der Waals surface area contributed by atoms with Crippen LogP contribution in [0.3, 0.4) is 0 Å². The van der Waals surface area contributed by atoms with Crippen LogP contribution in [0.2, 0.25) is 0 Å². The van der Waals surface area contributed by atoms with E-state index in [2.05, 4.69) is 5.32 Å². The number of nitrogens with two attached hydrogens (primary N) is 1. The molecule has 21 heavy (non-hydrogen) atoms. The second-order valence-corrected chi connectivity index (χ2v) is 5.01. The van der Waals surface area contributed by atoms with Gasteiger partial charge >= 0.3 is 0 Å². The first-order valence-electron chi connectivity index (χ1n) is 6.96. The van der Waals surface area contributed by atoms with Gasteiger partial charge in [-0.05, 0) is 29.7 Å². The van der Waals surface area contributed by atoms with E-state index < -0.39 is 5.91 Å². The van der Waals surface area contributed by atoms with Crippen LogP contribution in [0.5, 0.6) is 0 Å². The third-order valence-corrected chi connectivity index (χ3v) is 3.38. The molecule has 0 fully saturated rings. The summed E-state index contributed by atoms with van der Waals surface area (Å²) >= 11 is 0. The summed E-state index contributed by atoms with van der Waals surface area (Å²) in [6, 6.07) is 17.2. The fourth-order valence-electron chi connectivity index (χ4n) is 2.15. The molecule has 4 nitrogen and oxygen atoms in total. The second-order valence-electron chi connectivity index (χ2n) is 5.01. The number of aliphatic hydroxyl groups is 1. The smallest absolute Gasteiger partial charge is 0.248 e. The van der Waals surface area contributed by atoms with Crippen molar-refractivity contribution in [2.45, 2.75) is 19.0 Å². The maximum Gasteiger partial charge on any atom is 0.248 e. The topological polar surface area (TPSA) is 75.4 Å². The van der Waals surface area contributed by atoms with Crippen molar-refractivity contribution in [1.82, 2.24) is 5.32 Å². The SMILES string of the molecule is NC(=O)c1ccc(CN[C@H](CO)Cc2ccccc2)cc1. The van der Waals surface area contributed by atoms with Gasteiger partial charge in [-0.25, -0.2) is 0 Å². The number of nitrogens with one attached hydrogen (secondary N) is 1. The molecule has 0 spiro atoms. The molecule has 0 aromatic heterocycles. The quantitative estimate of drug-likeness (QED) is 0.721. The zero-order valence-electron chi connectivity index (χ0n) is 11.8. The highest BCUT2D eigenvalue weighted by molar-refractivity contribution is 5.92. The van der Waals surface area contributed by atoms with E-state index in [0.717, 1.165) is 12.0 Å². The molecule has 0 bridgehead atoms. The van der Waals surface area contributed by atoms with Gasteiger partial charge in [-0.3, -0.25) is 4.79 Å². The van der Waals surface area contributed by atoms with E-state index in [-0.39, 0.29) is 12.6 Å². The van der Waals surface area contributed by atoms with Crippen LogP contribution < -0.4 is 11.1 Å². The Kier molecular flexibility index (Phi) is 5.49. The maximum atomic E-state index is 11.0. The monoisotopic (exact) mass is 284 g/mol. The van der Waals surface area contributed by atoms with Crippen molar-refractivity contribution >= 4 is 5.91 Å². The Hall–Kier alpha value is -2.17. The second kappa shape index (κ2) is 7.57. The molecule has 4 heteroatoms. The Labute approximate surface area is 124 Å². The van der Waals surface area contributed by atoms with Crippen molar-refractivity contribution < 1.29 is 9.90 Å². The lowest BCUT2D eigenvalue weighted by atomic mass is 10.1. The molecular weight excluding hydrogens is 264 g/mol. The van der Waals surface area contributed by atoms with Gasteiger partial charge in [0, 0.05) is 18.2 Å². The number of benzene rings is 2. The van der Waals surface area contributed by atoms with Crippen molar-refractivity contribution in [1.29, 1.82) is 0 Å². The Morgan fingerprint density at radius 2 is 1.71 bits per heavy atom. The van der Waals surface area contributed by atoms with E-state index in [1.165, 1.54) is 5.56 Å². The summed E-state index contributed by atoms with van der Waals surface area (Å²) in [4.78, 5) is 11.0. The molecule has 0 saturated heterocycles. The highest BCUT2D eigenvalue weighted by Gasteiger charge is 2.08. The van der Waals surface area contributed by atoms with E-state index in [9.17, 15) is 9.90 Å². The normalized spacial score (nSPS) is 12.0. The summed E-state index contributed by atoms with van der Waals surface area (Å²) in [6.07, 6.45) is 0.775. The molecule has 0 aliphatic carbocycles. The van der Waals surface area contributed by atoms with Crippen LogP contribution in [0.25, 0.3) is 0 Å². The van der Waals surface area contributed by atoms with Gasteiger partial charge in [0.1, 0.15) is 0 Å². The lowest BCUT2D eigenvalue weighted by Crippen LogP contribution is -2.34. The Bertz CT molecular complexity index is 567. The molecule has 2 aromatic rings. The third-order valence-electron chi connectivity index (χ3n) is 3.38. The number of carbonyl (C=O) groups excluding carboxylic acids is 1. The Morgan fingerprint density at radius 3 is 2.29 bits per heavy atom. The van der Waals surface area contributed by atoms with Gasteiger partial charge in [0.15, 0.2) is 0 Å². The number of carbonyl (C=O) groups is 1. The summed E-state index contributed by atoms with van der Waals surface area (Å²) in [5.74, 6) is -0.424. The maximum absolute atomic E-state index is 11.0. The molecule has 0 aliphatic heterocycles. The first-order chi connectivity index (χ1) is 10.2. The first kappa shape index (κ1) is 15.2. The highest BCUT2D eigenvalue weighted by Crippen LogP contribution is 2.06. The van der Waals surface area contributed by atoms with Gasteiger partial charge < -0.3 is 16.2 Å². The summed E-state index contributed by atoms with van der Waals surface area (Å²) in [5, 5.41) is 12.8. The molecule has 2 rings (SSSR count). The van der Waals surface area contributed by atoms with Crippen molar-refractivity contribution in [3.8, 4) is 0 Å². The lowest BCUT2D eigenvalue weighted by Gasteiger charge is -2.16. The molecule has 0 unspecified atom stereocenters. The molecule has 1 amide bonds. The number of aliphatic hydroxyl groups excluding tert-OH is 1. The average molecular weight is 284 g/mol. The predicted molar refractivity (Wildman–Crippen MR) is 82.8 cm³/mol. The molecule has 2 aromatic carbocycles. The van der Waals surface area contributed by atoms with Crippen molar-refractivity contribution in [3.05, 3.63) is 71.3 Å². The van der Waals surface area contributed by atoms with Crippen molar-refractivity contribution in [3.63, 3.8) is 0 Å². The van der Waals surface area contributed by atoms with Crippen LogP contribution in [-0.4, -0.2) is 23.7 Å². The van der Waals surface area contributed by atoms with Crippen molar-refractivity contribution in [2.75, 3.05) is 6.61 Å². The highest BCUT2D eigenvalue weighted by atomic mass is 16.3. The van der Waals surface area contributed by atoms with E-state index in [1.54, 1.807) is 12.1 Å². The summed E-state index contributed by atoms with van der Waals surface area (Å²) in [6.45, 7) is 0.714. The average Bonchev–Trinajstić information content (AvgIpc) is 2.52. The Morgan fingerprint density at radius 1 is 1.05 bits per heavy atom. The van der Waals surface area contributed by atoms with Gasteiger partial charge in [0.05, 0.1) is 6.61 Å². The number of hydrogen-bond acceptors (Lipinski definition) is 3. The van der Waals surface area contributed by atoms with Crippen LogP contribution in [0.15, 0.2) is 54.6 Å². The zero-order valence-corrected chi connectivity index (χ0v) is 11.8. The summed E-state index contributed by atoms with van der Waals surface area (Å²) in [7, 11) is 0. The molecule has 0 radical (unpaired) electrons. The van der Waals surface area contributed by atoms with E-state index in [4.69, 9.17) is 5.73 Å². The predicted octanol–water partition coefficient (Wildman–Crippen LogP) is 1.48. The minimum Gasteiger partial charge on any atom is -0.395 e. The van der Waals surface area contributed by atoms with Gasteiger partial charge in [0.25, 0.3) is 0 Å². The lowest BCUT2D eigenvalue weighted by molar-refractivity contribution is 0.100. The van der Waals surface area contributed by atoms with E-state index in [1.807, 2.05) is 42.5 Å². The largest absolute Gasteiger partial charge is 0.395 e. The number of amides is 1. The van der Waals surface area contributed by atoms with Gasteiger partial charge in [-0.1, -0.05) is 42.5 Å². The van der Waals surface area contributed by atoms with Crippen molar-refractivity contribution in [2.24, 2.45) is 5.73 Å². The van der Waals surface area contributed by atoms with E-state index in [0.29, 0.717) is 12.1 Å². The van der Waals surface area contributed by atoms with Gasteiger partial charge in [-0.2, -0.15) is 0 Å².